The van der Waals surface area contributed by atoms with Crippen LogP contribution >= 0.6 is 24.8 Å². The quantitative estimate of drug-likeness (QED) is 0.711. The van der Waals surface area contributed by atoms with Crippen molar-refractivity contribution in [3.63, 3.8) is 0 Å². The molecular weight excluding hydrogens is 377 g/mol. The topological polar surface area (TPSA) is 101 Å². The van der Waals surface area contributed by atoms with Crippen LogP contribution in [0.5, 0.6) is 11.6 Å². The lowest BCUT2D eigenvalue weighted by atomic mass is 10.1. The van der Waals surface area contributed by atoms with Gasteiger partial charge >= 0.3 is 0 Å². The zero-order chi connectivity index (χ0) is 17.1. The van der Waals surface area contributed by atoms with Crippen LogP contribution in [0.4, 0.5) is 0 Å². The van der Waals surface area contributed by atoms with Gasteiger partial charge in [0.2, 0.25) is 5.88 Å². The van der Waals surface area contributed by atoms with Gasteiger partial charge in [0.05, 0.1) is 11.4 Å². The highest BCUT2D eigenvalue weighted by Gasteiger charge is 2.08. The fraction of sp³-hybridized carbons (Fsp3) is 0.167. The molecule has 3 rings (SSSR count). The fourth-order valence-electron chi connectivity index (χ4n) is 2.41. The molecule has 26 heavy (non-hydrogen) atoms. The molecule has 0 saturated heterocycles. The van der Waals surface area contributed by atoms with Crippen molar-refractivity contribution in [2.45, 2.75) is 19.4 Å². The second-order valence-electron chi connectivity index (χ2n) is 5.54. The van der Waals surface area contributed by atoms with Crippen LogP contribution in [0.1, 0.15) is 11.3 Å². The van der Waals surface area contributed by atoms with Crippen molar-refractivity contribution < 1.29 is 14.6 Å². The highest BCUT2D eigenvalue weighted by atomic mass is 35.5. The number of rotatable bonds is 5. The minimum absolute atomic E-state index is 0. The van der Waals surface area contributed by atoms with E-state index in [4.69, 9.17) is 10.5 Å². The van der Waals surface area contributed by atoms with Crippen molar-refractivity contribution in [1.82, 2.24) is 9.97 Å². The van der Waals surface area contributed by atoms with Crippen LogP contribution in [0.2, 0.25) is 0 Å². The molecule has 0 spiro atoms. The van der Waals surface area contributed by atoms with Crippen molar-refractivity contribution in [3.8, 4) is 11.6 Å². The Morgan fingerprint density at radius 3 is 2.58 bits per heavy atom. The molecule has 2 N–H and O–H groups in total. The normalized spacial score (nSPS) is 11.2. The minimum Gasteiger partial charge on any atom is -0.548 e. The summed E-state index contributed by atoms with van der Waals surface area (Å²) in [6.45, 7) is 1.90. The van der Waals surface area contributed by atoms with Gasteiger partial charge in [0.15, 0.2) is 0 Å². The van der Waals surface area contributed by atoms with Crippen LogP contribution in [0.15, 0.2) is 48.8 Å². The first kappa shape index (κ1) is 21.6. The van der Waals surface area contributed by atoms with Gasteiger partial charge in [-0.2, -0.15) is 0 Å². The van der Waals surface area contributed by atoms with E-state index >= 15 is 0 Å². The molecule has 0 unspecified atom stereocenters. The molecule has 138 valence electrons. The number of nitrogens with zero attached hydrogens (tertiary/aromatic N) is 2. The van der Waals surface area contributed by atoms with Gasteiger partial charge in [-0.25, -0.2) is 4.98 Å². The maximum atomic E-state index is 10.7. The zero-order valence-electron chi connectivity index (χ0n) is 13.9. The zero-order valence-corrected chi connectivity index (χ0v) is 15.5. The predicted molar refractivity (Wildman–Crippen MR) is 102 cm³/mol. The number of hydrogen-bond acceptors (Lipinski definition) is 6. The maximum Gasteiger partial charge on any atom is 0.228 e. The van der Waals surface area contributed by atoms with E-state index in [1.807, 2.05) is 19.1 Å². The van der Waals surface area contributed by atoms with E-state index in [0.717, 1.165) is 22.0 Å². The summed E-state index contributed by atoms with van der Waals surface area (Å²) in [4.78, 5) is 19.2. The summed E-state index contributed by atoms with van der Waals surface area (Å²) in [5, 5.41) is 12.5. The van der Waals surface area contributed by atoms with Gasteiger partial charge in [-0.05, 0) is 48.6 Å². The average Bonchev–Trinajstić information content (AvgIpc) is 2.56. The number of carbonyl (C=O) groups is 1. The highest BCUT2D eigenvalue weighted by Crippen LogP contribution is 2.28. The molecule has 0 radical (unpaired) electrons. The second kappa shape index (κ2) is 9.33. The highest BCUT2D eigenvalue weighted by molar-refractivity contribution is 5.86. The molecule has 1 atom stereocenters. The number of nitrogens with two attached hydrogens (primary N) is 1. The Kier molecular flexibility index (Phi) is 7.76. The summed E-state index contributed by atoms with van der Waals surface area (Å²) >= 11 is 0. The fourth-order valence-corrected chi connectivity index (χ4v) is 2.41. The van der Waals surface area contributed by atoms with Crippen LogP contribution in [-0.2, 0) is 11.2 Å². The van der Waals surface area contributed by atoms with Gasteiger partial charge < -0.3 is 20.4 Å². The number of benzene rings is 1. The van der Waals surface area contributed by atoms with Crippen molar-refractivity contribution >= 4 is 41.6 Å². The molecule has 3 aromatic rings. The number of aryl methyl sites for hydroxylation is 1. The molecule has 2 heterocycles. The smallest absolute Gasteiger partial charge is 0.228 e. The number of ether oxygens (including phenoxy) is 1. The molecule has 2 aromatic heterocycles. The molecular formula is C18H18Cl2N3O3-. The number of halogens is 2. The Bertz CT molecular complexity index is 888. The van der Waals surface area contributed by atoms with Crippen molar-refractivity contribution in [3.05, 3.63) is 60.0 Å². The Hall–Kier alpha value is -2.41. The SMILES string of the molecule is Cc1cc2ccncc2c(Oc2ccc(C[C@H](N)C(=O)[O-])cc2)n1.Cl.Cl. The van der Waals surface area contributed by atoms with Crippen LogP contribution in [0, 0.1) is 6.92 Å². The summed E-state index contributed by atoms with van der Waals surface area (Å²) in [6, 6.07) is 9.90. The molecule has 8 heteroatoms. The first-order valence-electron chi connectivity index (χ1n) is 7.47. The van der Waals surface area contributed by atoms with Crippen molar-refractivity contribution in [1.29, 1.82) is 0 Å². The average molecular weight is 395 g/mol. The lowest BCUT2D eigenvalue weighted by Crippen LogP contribution is -2.43. The van der Waals surface area contributed by atoms with Gasteiger partial charge in [-0.15, -0.1) is 24.8 Å². The molecule has 0 saturated carbocycles. The number of carboxylic acids is 1. The summed E-state index contributed by atoms with van der Waals surface area (Å²) < 4.78 is 5.87. The number of aromatic nitrogens is 2. The lowest BCUT2D eigenvalue weighted by Gasteiger charge is -2.13. The summed E-state index contributed by atoms with van der Waals surface area (Å²) in [5.74, 6) is -0.181. The summed E-state index contributed by atoms with van der Waals surface area (Å²) in [7, 11) is 0. The second-order valence-corrected chi connectivity index (χ2v) is 5.54. The van der Waals surface area contributed by atoms with Crippen LogP contribution < -0.4 is 15.6 Å². The van der Waals surface area contributed by atoms with Crippen molar-refractivity contribution in [2.24, 2.45) is 5.73 Å². The van der Waals surface area contributed by atoms with Gasteiger partial charge in [-0.1, -0.05) is 12.1 Å². The monoisotopic (exact) mass is 394 g/mol. The van der Waals surface area contributed by atoms with Crippen molar-refractivity contribution in [2.75, 3.05) is 0 Å². The Morgan fingerprint density at radius 1 is 1.23 bits per heavy atom. The molecule has 0 fully saturated rings. The predicted octanol–water partition coefficient (Wildman–Crippen LogP) is 2.19. The third-order valence-corrected chi connectivity index (χ3v) is 3.62. The summed E-state index contributed by atoms with van der Waals surface area (Å²) in [5.41, 5.74) is 7.12. The van der Waals surface area contributed by atoms with E-state index in [0.29, 0.717) is 11.6 Å². The summed E-state index contributed by atoms with van der Waals surface area (Å²) in [6.07, 6.45) is 3.64. The van der Waals surface area contributed by atoms with Gasteiger partial charge in [0, 0.05) is 24.1 Å². The van der Waals surface area contributed by atoms with Gasteiger partial charge in [-0.3, -0.25) is 4.98 Å². The molecule has 0 aliphatic carbocycles. The molecule has 0 bridgehead atoms. The number of carboxylic acid groups (broad SMARTS) is 1. The van der Waals surface area contributed by atoms with E-state index < -0.39 is 12.0 Å². The lowest BCUT2D eigenvalue weighted by molar-refractivity contribution is -0.307. The standard InChI is InChI=1S/C18H17N3O3.2ClH/c1-11-8-13-6-7-20-10-15(13)17(21-11)24-14-4-2-12(3-5-14)9-16(19)18(22)23;;/h2-8,10,16H,9,19H2,1H3,(H,22,23);2*1H/p-1/t16-;;/m0../s1. The molecule has 1 aromatic carbocycles. The molecule has 0 aliphatic rings. The van der Waals surface area contributed by atoms with E-state index in [1.54, 1.807) is 36.7 Å². The number of carbonyl (C=O) groups excluding carboxylic acids is 1. The van der Waals surface area contributed by atoms with E-state index in [9.17, 15) is 9.90 Å². The molecule has 0 amide bonds. The van der Waals surface area contributed by atoms with Crippen LogP contribution in [0.3, 0.4) is 0 Å². The van der Waals surface area contributed by atoms with Gasteiger partial charge in [0.1, 0.15) is 5.75 Å². The van der Waals surface area contributed by atoms with E-state index in [2.05, 4.69) is 9.97 Å². The van der Waals surface area contributed by atoms with Gasteiger partial charge in [0.25, 0.3) is 0 Å². The largest absolute Gasteiger partial charge is 0.548 e. The van der Waals surface area contributed by atoms with Crippen LogP contribution in [0.25, 0.3) is 10.8 Å². The third kappa shape index (κ3) is 5.05. The minimum atomic E-state index is -1.27. The number of fused-ring (bicyclic) bond motifs is 1. The Balaban J connectivity index is 0.00000169. The maximum absolute atomic E-state index is 10.7. The first-order chi connectivity index (χ1) is 11.5. The first-order valence-corrected chi connectivity index (χ1v) is 7.47. The van der Waals surface area contributed by atoms with E-state index in [1.165, 1.54) is 0 Å². The molecule has 0 aliphatic heterocycles. The number of aliphatic carboxylic acids is 1. The van der Waals surface area contributed by atoms with E-state index in [-0.39, 0.29) is 31.2 Å². The Labute approximate surface area is 163 Å². The third-order valence-electron chi connectivity index (χ3n) is 3.62. The Morgan fingerprint density at radius 2 is 1.92 bits per heavy atom. The van der Waals surface area contributed by atoms with Crippen LogP contribution in [-0.4, -0.2) is 22.0 Å². The number of pyridine rings is 2. The molecule has 6 nitrogen and oxygen atoms in total. The number of hydrogen-bond donors (Lipinski definition) is 1.